The third kappa shape index (κ3) is 7.70. The largest absolute Gasteiger partial charge is 0.395 e. The quantitative estimate of drug-likeness (QED) is 0.413. The van der Waals surface area contributed by atoms with Crippen molar-refractivity contribution in [3.63, 3.8) is 0 Å². The molecular weight excluding hydrogens is 148 g/mol. The second-order valence-corrected chi connectivity index (χ2v) is 2.01. The molecule has 0 aliphatic heterocycles. The van der Waals surface area contributed by atoms with Crippen LogP contribution in [0, 0.1) is 0 Å². The molecule has 3 N–H and O–H groups in total. The third-order valence-corrected chi connectivity index (χ3v) is 1.25. The molecule has 3 radical (unpaired) electrons. The van der Waals surface area contributed by atoms with E-state index in [-0.39, 0.29) is 26.0 Å². The normalized spacial score (nSPS) is 9.82. The molecule has 0 spiro atoms. The van der Waals surface area contributed by atoms with E-state index in [4.69, 9.17) is 15.3 Å². The topological polar surface area (TPSA) is 94.4 Å². The Bertz CT molecular complexity index is 58.6. The van der Waals surface area contributed by atoms with Crippen molar-refractivity contribution in [2.24, 2.45) is 0 Å². The highest BCUT2D eigenvalue weighted by Gasteiger charge is 2.00. The SMILES string of the molecule is OCCN(CCO)CCO.[N]. The average Bonchev–Trinajstić information content (AvgIpc) is 1.90. The molecule has 0 aromatic rings. The lowest BCUT2D eigenvalue weighted by atomic mass is 10.4. The summed E-state index contributed by atoms with van der Waals surface area (Å²) in [5.41, 5.74) is 0. The Balaban J connectivity index is 0. The first kappa shape index (κ1) is 13.4. The molecule has 0 atom stereocenters. The standard InChI is InChI=1S/C6H15NO3.N/c8-4-1-7(2-5-9)3-6-10;/h8-10H,1-6H2;. The van der Waals surface area contributed by atoms with Gasteiger partial charge in [0.25, 0.3) is 0 Å². The van der Waals surface area contributed by atoms with Crippen molar-refractivity contribution in [3.05, 3.63) is 0 Å². The zero-order chi connectivity index (χ0) is 7.82. The molecule has 0 heterocycles. The molecule has 0 bridgehead atoms. The van der Waals surface area contributed by atoms with Crippen molar-refractivity contribution in [1.29, 1.82) is 0 Å². The smallest absolute Gasteiger partial charge is 0.0558 e. The molecule has 11 heavy (non-hydrogen) atoms. The minimum absolute atomic E-state index is 0. The molecule has 0 fully saturated rings. The maximum Gasteiger partial charge on any atom is 0.0558 e. The number of nitrogens with zero attached hydrogens (tertiary/aromatic N) is 2. The number of hydrogen-bond donors (Lipinski definition) is 3. The number of aliphatic hydroxyl groups excluding tert-OH is 3. The summed E-state index contributed by atoms with van der Waals surface area (Å²) in [5, 5.41) is 25.5. The highest BCUT2D eigenvalue weighted by Crippen LogP contribution is 1.84. The van der Waals surface area contributed by atoms with E-state index < -0.39 is 0 Å². The van der Waals surface area contributed by atoms with Gasteiger partial charge in [-0.15, -0.1) is 0 Å². The van der Waals surface area contributed by atoms with Crippen LogP contribution in [-0.2, 0) is 0 Å². The molecule has 0 aliphatic carbocycles. The number of rotatable bonds is 6. The van der Waals surface area contributed by atoms with Crippen molar-refractivity contribution >= 4 is 0 Å². The zero-order valence-corrected chi connectivity index (χ0v) is 6.48. The molecule has 0 aromatic heterocycles. The summed E-state index contributed by atoms with van der Waals surface area (Å²) < 4.78 is 0. The molecule has 0 aliphatic rings. The van der Waals surface area contributed by atoms with Crippen LogP contribution < -0.4 is 6.15 Å². The summed E-state index contributed by atoms with van der Waals surface area (Å²) in [6.07, 6.45) is 0. The van der Waals surface area contributed by atoms with E-state index in [2.05, 4.69) is 0 Å². The van der Waals surface area contributed by atoms with Crippen LogP contribution in [0.4, 0.5) is 0 Å². The number of hydrogen-bond acceptors (Lipinski definition) is 4. The van der Waals surface area contributed by atoms with Gasteiger partial charge in [-0.2, -0.15) is 0 Å². The fourth-order valence-corrected chi connectivity index (χ4v) is 0.760. The Kier molecular flexibility index (Phi) is 11.9. The first-order chi connectivity index (χ1) is 4.85. The summed E-state index contributed by atoms with van der Waals surface area (Å²) in [6, 6.07) is 0. The van der Waals surface area contributed by atoms with Crippen LogP contribution >= 0.6 is 0 Å². The summed E-state index contributed by atoms with van der Waals surface area (Å²) >= 11 is 0. The van der Waals surface area contributed by atoms with E-state index in [1.165, 1.54) is 0 Å². The molecule has 0 saturated heterocycles. The zero-order valence-electron chi connectivity index (χ0n) is 6.48. The van der Waals surface area contributed by atoms with Crippen LogP contribution in [0.3, 0.4) is 0 Å². The van der Waals surface area contributed by atoms with E-state index >= 15 is 0 Å². The Morgan fingerprint density at radius 1 is 0.727 bits per heavy atom. The molecule has 5 nitrogen and oxygen atoms in total. The van der Waals surface area contributed by atoms with E-state index in [0.717, 1.165) is 0 Å². The van der Waals surface area contributed by atoms with Crippen LogP contribution in [-0.4, -0.2) is 59.7 Å². The molecule has 0 rings (SSSR count). The second-order valence-electron chi connectivity index (χ2n) is 2.01. The van der Waals surface area contributed by atoms with E-state index in [9.17, 15) is 0 Å². The predicted molar refractivity (Wildman–Crippen MR) is 39.8 cm³/mol. The first-order valence-electron chi connectivity index (χ1n) is 3.40. The lowest BCUT2D eigenvalue weighted by molar-refractivity contribution is 0.136. The fourth-order valence-electron chi connectivity index (χ4n) is 0.760. The second kappa shape index (κ2) is 9.80. The minimum atomic E-state index is 0. The monoisotopic (exact) mass is 163 g/mol. The fraction of sp³-hybridized carbons (Fsp3) is 1.00. The van der Waals surface area contributed by atoms with Crippen molar-refractivity contribution < 1.29 is 15.3 Å². The molecule has 0 saturated carbocycles. The maximum absolute atomic E-state index is 8.48. The van der Waals surface area contributed by atoms with Crippen LogP contribution in [0.15, 0.2) is 0 Å². The van der Waals surface area contributed by atoms with Gasteiger partial charge in [0.2, 0.25) is 0 Å². The summed E-state index contributed by atoms with van der Waals surface area (Å²) in [4.78, 5) is 1.79. The van der Waals surface area contributed by atoms with Crippen molar-refractivity contribution in [1.82, 2.24) is 11.1 Å². The van der Waals surface area contributed by atoms with Crippen LogP contribution in [0.5, 0.6) is 0 Å². The van der Waals surface area contributed by atoms with Gasteiger partial charge >= 0.3 is 0 Å². The lowest BCUT2D eigenvalue weighted by Gasteiger charge is -2.17. The van der Waals surface area contributed by atoms with Crippen LogP contribution in [0.25, 0.3) is 0 Å². The summed E-state index contributed by atoms with van der Waals surface area (Å²) in [6.45, 7) is 1.75. The molecule has 0 unspecified atom stereocenters. The van der Waals surface area contributed by atoms with Gasteiger partial charge in [0.05, 0.1) is 19.8 Å². The van der Waals surface area contributed by atoms with Gasteiger partial charge in [-0.25, -0.2) is 0 Å². The Morgan fingerprint density at radius 3 is 1.18 bits per heavy atom. The van der Waals surface area contributed by atoms with Crippen molar-refractivity contribution in [2.45, 2.75) is 0 Å². The van der Waals surface area contributed by atoms with Gasteiger partial charge in [-0.05, 0) is 0 Å². The summed E-state index contributed by atoms with van der Waals surface area (Å²) in [7, 11) is 0. The van der Waals surface area contributed by atoms with Gasteiger partial charge < -0.3 is 15.3 Å². The van der Waals surface area contributed by atoms with Gasteiger partial charge in [-0.1, -0.05) is 0 Å². The van der Waals surface area contributed by atoms with E-state index in [0.29, 0.717) is 19.6 Å². The highest BCUT2D eigenvalue weighted by atomic mass is 16.3. The molecule has 0 amide bonds. The van der Waals surface area contributed by atoms with Gasteiger partial charge in [0.15, 0.2) is 0 Å². The van der Waals surface area contributed by atoms with Crippen molar-refractivity contribution in [2.75, 3.05) is 39.5 Å². The van der Waals surface area contributed by atoms with Gasteiger partial charge in [0.1, 0.15) is 0 Å². The van der Waals surface area contributed by atoms with Crippen LogP contribution in [0.2, 0.25) is 0 Å². The first-order valence-corrected chi connectivity index (χ1v) is 3.40. The van der Waals surface area contributed by atoms with E-state index in [1.54, 1.807) is 4.90 Å². The minimum Gasteiger partial charge on any atom is -0.395 e. The lowest BCUT2D eigenvalue weighted by Crippen LogP contribution is -2.32. The summed E-state index contributed by atoms with van der Waals surface area (Å²) in [5.74, 6) is 0. The third-order valence-electron chi connectivity index (χ3n) is 1.25. The Hall–Kier alpha value is -0.200. The Labute approximate surface area is 66.8 Å². The average molecular weight is 163 g/mol. The highest BCUT2D eigenvalue weighted by molar-refractivity contribution is 4.54. The predicted octanol–water partition coefficient (Wildman–Crippen LogP) is -2.22. The van der Waals surface area contributed by atoms with Gasteiger partial charge in [-0.3, -0.25) is 4.90 Å². The maximum atomic E-state index is 8.48. The molecular formula is C6H15N2O3. The molecule has 67 valence electrons. The van der Waals surface area contributed by atoms with Crippen molar-refractivity contribution in [3.8, 4) is 0 Å². The van der Waals surface area contributed by atoms with Gasteiger partial charge in [0, 0.05) is 25.8 Å². The number of aliphatic hydroxyl groups is 3. The Morgan fingerprint density at radius 2 is 1.00 bits per heavy atom. The molecule has 5 heteroatoms. The van der Waals surface area contributed by atoms with Crippen LogP contribution in [0.1, 0.15) is 0 Å². The molecule has 0 aromatic carbocycles. The van der Waals surface area contributed by atoms with E-state index in [1.807, 2.05) is 0 Å².